The van der Waals surface area contributed by atoms with E-state index in [0.29, 0.717) is 12.6 Å². The third-order valence-corrected chi connectivity index (χ3v) is 4.48. The summed E-state index contributed by atoms with van der Waals surface area (Å²) >= 11 is 1.67. The number of piperazine rings is 1. The number of carbonyl (C=O) groups excluding carboxylic acids is 1. The van der Waals surface area contributed by atoms with E-state index in [0.717, 1.165) is 31.2 Å². The van der Waals surface area contributed by atoms with Crippen LogP contribution in [0.2, 0.25) is 0 Å². The molecule has 3 rings (SSSR count). The Balaban J connectivity index is 1.66. The first-order chi connectivity index (χ1) is 8.75. The maximum Gasteiger partial charge on any atom is 0.323 e. The molecule has 98 valence electrons. The van der Waals surface area contributed by atoms with E-state index in [1.54, 1.807) is 11.3 Å². The molecule has 2 fully saturated rings. The summed E-state index contributed by atoms with van der Waals surface area (Å²) in [5, 5.41) is 3.08. The normalized spacial score (nSPS) is 29.6. The zero-order valence-corrected chi connectivity index (χ0v) is 11.2. The molecule has 0 aromatic carbocycles. The summed E-state index contributed by atoms with van der Waals surface area (Å²) in [5.74, 6) is -0.0510. The van der Waals surface area contributed by atoms with Gasteiger partial charge in [0.15, 0.2) is 5.13 Å². The number of aromatic nitrogens is 1. The molecule has 2 atom stereocenters. The molecule has 0 radical (unpaired) electrons. The van der Waals surface area contributed by atoms with Gasteiger partial charge in [0.25, 0.3) is 0 Å². The van der Waals surface area contributed by atoms with E-state index < -0.39 is 0 Å². The van der Waals surface area contributed by atoms with Crippen molar-refractivity contribution in [3.63, 3.8) is 0 Å². The molecule has 2 aliphatic heterocycles. The minimum Gasteiger partial charge on any atom is -0.464 e. The molecule has 0 aliphatic carbocycles. The first-order valence-electron chi connectivity index (χ1n) is 6.32. The molecular formula is C12H17N3O2S. The van der Waals surface area contributed by atoms with Gasteiger partial charge in [-0.05, 0) is 6.92 Å². The van der Waals surface area contributed by atoms with Crippen molar-refractivity contribution in [2.45, 2.75) is 25.4 Å². The average molecular weight is 267 g/mol. The number of anilines is 1. The Morgan fingerprint density at radius 1 is 1.50 bits per heavy atom. The van der Waals surface area contributed by atoms with Crippen molar-refractivity contribution in [3.8, 4) is 0 Å². The summed E-state index contributed by atoms with van der Waals surface area (Å²) in [4.78, 5) is 20.5. The number of rotatable bonds is 2. The third kappa shape index (κ3) is 2.10. The van der Waals surface area contributed by atoms with E-state index >= 15 is 0 Å². The summed E-state index contributed by atoms with van der Waals surface area (Å²) in [6.07, 6.45) is 2.68. The lowest BCUT2D eigenvalue weighted by Gasteiger charge is -2.41. The average Bonchev–Trinajstić information content (AvgIpc) is 2.99. The van der Waals surface area contributed by atoms with Gasteiger partial charge in [-0.1, -0.05) is 0 Å². The van der Waals surface area contributed by atoms with E-state index in [2.05, 4.69) is 21.7 Å². The summed E-state index contributed by atoms with van der Waals surface area (Å²) in [5.41, 5.74) is 0. The monoisotopic (exact) mass is 267 g/mol. The molecule has 2 saturated heterocycles. The van der Waals surface area contributed by atoms with Gasteiger partial charge in [-0.15, -0.1) is 11.3 Å². The maximum atomic E-state index is 11.6. The lowest BCUT2D eigenvalue weighted by atomic mass is 10.1. The number of thiazole rings is 1. The van der Waals surface area contributed by atoms with Crippen molar-refractivity contribution in [3.05, 3.63) is 11.6 Å². The van der Waals surface area contributed by atoms with E-state index in [4.69, 9.17) is 4.74 Å². The second kappa shape index (κ2) is 4.85. The van der Waals surface area contributed by atoms with Crippen molar-refractivity contribution in [1.29, 1.82) is 0 Å². The van der Waals surface area contributed by atoms with Gasteiger partial charge < -0.3 is 9.64 Å². The minimum atomic E-state index is -0.0510. The van der Waals surface area contributed by atoms with Crippen molar-refractivity contribution >= 4 is 22.4 Å². The number of nitrogens with zero attached hydrogens (tertiary/aromatic N) is 3. The highest BCUT2D eigenvalue weighted by molar-refractivity contribution is 7.13. The van der Waals surface area contributed by atoms with Crippen LogP contribution in [0.3, 0.4) is 0 Å². The Hall–Kier alpha value is -1.14. The van der Waals surface area contributed by atoms with Crippen molar-refractivity contribution in [2.24, 2.45) is 0 Å². The Morgan fingerprint density at radius 3 is 3.00 bits per heavy atom. The zero-order valence-electron chi connectivity index (χ0n) is 10.4. The van der Waals surface area contributed by atoms with Crippen LogP contribution >= 0.6 is 11.3 Å². The summed E-state index contributed by atoms with van der Waals surface area (Å²) in [7, 11) is 0. The molecular weight excluding hydrogens is 250 g/mol. The highest BCUT2D eigenvalue weighted by atomic mass is 32.1. The molecule has 1 aromatic rings. The van der Waals surface area contributed by atoms with Gasteiger partial charge in [0.2, 0.25) is 0 Å². The van der Waals surface area contributed by atoms with Crippen molar-refractivity contribution in [1.82, 2.24) is 9.88 Å². The van der Waals surface area contributed by atoms with Crippen LogP contribution in [0.1, 0.15) is 13.3 Å². The predicted molar refractivity (Wildman–Crippen MR) is 69.9 cm³/mol. The van der Waals surface area contributed by atoms with Crippen LogP contribution in [0.25, 0.3) is 0 Å². The molecule has 0 amide bonds. The van der Waals surface area contributed by atoms with Crippen molar-refractivity contribution < 1.29 is 9.53 Å². The smallest absolute Gasteiger partial charge is 0.323 e. The van der Waals surface area contributed by atoms with E-state index in [1.165, 1.54) is 0 Å². The number of carbonyl (C=O) groups is 1. The SMILES string of the molecule is C[C@@H]1CN([C@@H]2CCOC2=O)CCN1c1nccs1. The first kappa shape index (κ1) is 11.9. The molecule has 6 heteroatoms. The lowest BCUT2D eigenvalue weighted by molar-refractivity contribution is -0.142. The largest absolute Gasteiger partial charge is 0.464 e. The molecule has 2 aliphatic rings. The standard InChI is InChI=1S/C12H17N3O2S/c1-9-8-14(10-2-6-17-11(10)16)4-5-15(9)12-13-3-7-18-12/h3,7,9-10H,2,4-6,8H2,1H3/t9-,10-/m1/s1. The fraction of sp³-hybridized carbons (Fsp3) is 0.667. The maximum absolute atomic E-state index is 11.6. The van der Waals surface area contributed by atoms with Gasteiger partial charge in [0, 0.05) is 43.7 Å². The number of ether oxygens (including phenoxy) is 1. The fourth-order valence-electron chi connectivity index (χ4n) is 2.73. The molecule has 18 heavy (non-hydrogen) atoms. The summed E-state index contributed by atoms with van der Waals surface area (Å²) in [6.45, 7) is 5.50. The number of hydrogen-bond donors (Lipinski definition) is 0. The highest BCUT2D eigenvalue weighted by Crippen LogP contribution is 2.25. The lowest BCUT2D eigenvalue weighted by Crippen LogP contribution is -2.55. The van der Waals surface area contributed by atoms with Crippen LogP contribution in [0.15, 0.2) is 11.6 Å². The quantitative estimate of drug-likeness (QED) is 0.747. The molecule has 0 saturated carbocycles. The topological polar surface area (TPSA) is 45.7 Å². The van der Waals surface area contributed by atoms with E-state index in [9.17, 15) is 4.79 Å². The molecule has 0 N–H and O–H groups in total. The summed E-state index contributed by atoms with van der Waals surface area (Å²) < 4.78 is 5.05. The van der Waals surface area contributed by atoms with Crippen LogP contribution in [0.5, 0.6) is 0 Å². The van der Waals surface area contributed by atoms with Gasteiger partial charge in [0.1, 0.15) is 6.04 Å². The van der Waals surface area contributed by atoms with Crippen LogP contribution < -0.4 is 4.90 Å². The molecule has 1 aromatic heterocycles. The predicted octanol–water partition coefficient (Wildman–Crippen LogP) is 0.969. The minimum absolute atomic E-state index is 0.0223. The Bertz CT molecular complexity index is 423. The molecule has 5 nitrogen and oxygen atoms in total. The van der Waals surface area contributed by atoms with E-state index in [-0.39, 0.29) is 12.0 Å². The first-order valence-corrected chi connectivity index (χ1v) is 7.20. The van der Waals surface area contributed by atoms with Crippen LogP contribution in [0.4, 0.5) is 5.13 Å². The van der Waals surface area contributed by atoms with Crippen LogP contribution in [-0.2, 0) is 9.53 Å². The molecule has 3 heterocycles. The van der Waals surface area contributed by atoms with Gasteiger partial charge >= 0.3 is 5.97 Å². The van der Waals surface area contributed by atoms with Gasteiger partial charge in [-0.3, -0.25) is 9.69 Å². The molecule has 0 bridgehead atoms. The molecule has 0 unspecified atom stereocenters. The van der Waals surface area contributed by atoms with Crippen LogP contribution in [-0.4, -0.2) is 54.2 Å². The third-order valence-electron chi connectivity index (χ3n) is 3.67. The van der Waals surface area contributed by atoms with Gasteiger partial charge in [-0.25, -0.2) is 4.98 Å². The second-order valence-electron chi connectivity index (χ2n) is 4.82. The Morgan fingerprint density at radius 2 is 2.39 bits per heavy atom. The van der Waals surface area contributed by atoms with Crippen molar-refractivity contribution in [2.75, 3.05) is 31.1 Å². The second-order valence-corrected chi connectivity index (χ2v) is 5.70. The zero-order chi connectivity index (χ0) is 12.5. The number of hydrogen-bond acceptors (Lipinski definition) is 6. The number of cyclic esters (lactones) is 1. The molecule has 0 spiro atoms. The van der Waals surface area contributed by atoms with Gasteiger partial charge in [0.05, 0.1) is 6.61 Å². The number of esters is 1. The van der Waals surface area contributed by atoms with Gasteiger partial charge in [-0.2, -0.15) is 0 Å². The Labute approximate surface area is 110 Å². The fourth-order valence-corrected chi connectivity index (χ4v) is 3.50. The highest BCUT2D eigenvalue weighted by Gasteiger charge is 2.36. The van der Waals surface area contributed by atoms with Crippen LogP contribution in [0, 0.1) is 0 Å². The Kier molecular flexibility index (Phi) is 3.22. The van der Waals surface area contributed by atoms with E-state index in [1.807, 2.05) is 11.6 Å². The summed E-state index contributed by atoms with van der Waals surface area (Å²) in [6, 6.07) is 0.365.